The molecule has 1 fully saturated rings. The number of nitrogens with one attached hydrogen (secondary N) is 1. The number of hydrogen-bond acceptors (Lipinski definition) is 4. The lowest BCUT2D eigenvalue weighted by Gasteiger charge is -2.32. The fourth-order valence-electron chi connectivity index (χ4n) is 4.67. The number of aliphatic imine (C=N–C) groups is 1. The Bertz CT molecular complexity index is 859. The summed E-state index contributed by atoms with van der Waals surface area (Å²) in [6, 6.07) is 4.01. The fourth-order valence-corrected chi connectivity index (χ4v) is 4.90. The van der Waals surface area contributed by atoms with Gasteiger partial charge in [-0.1, -0.05) is 63.1 Å². The second-order valence-electron chi connectivity index (χ2n) is 8.51. The molecule has 6 nitrogen and oxygen atoms in total. The van der Waals surface area contributed by atoms with E-state index < -0.39 is 24.0 Å². The minimum atomic E-state index is -0.537. The molecule has 1 aromatic carbocycles. The highest BCUT2D eigenvalue weighted by Gasteiger charge is 2.38. The number of benzene rings is 1. The Labute approximate surface area is 188 Å². The number of urea groups is 1. The number of amides is 2. The first-order chi connectivity index (χ1) is 14.9. The molecule has 3 rings (SSSR count). The van der Waals surface area contributed by atoms with Gasteiger partial charge in [0.15, 0.2) is 0 Å². The highest BCUT2D eigenvalue weighted by Crippen LogP contribution is 2.35. The van der Waals surface area contributed by atoms with Crippen LogP contribution < -0.4 is 10.1 Å². The summed E-state index contributed by atoms with van der Waals surface area (Å²) in [4.78, 5) is 40.8. The molecule has 1 heterocycles. The van der Waals surface area contributed by atoms with Gasteiger partial charge in [0.25, 0.3) is 0 Å². The number of carbonyl (C=O) groups is 3. The zero-order chi connectivity index (χ0) is 22.4. The van der Waals surface area contributed by atoms with E-state index in [2.05, 4.69) is 10.3 Å². The summed E-state index contributed by atoms with van der Waals surface area (Å²) in [7, 11) is 0. The van der Waals surface area contributed by atoms with E-state index in [0.717, 1.165) is 6.42 Å². The van der Waals surface area contributed by atoms with Crippen LogP contribution in [0.25, 0.3) is 0 Å². The number of nitrogens with zero attached hydrogens (tertiary/aromatic N) is 1. The third kappa shape index (κ3) is 6.16. The number of halogens is 1. The van der Waals surface area contributed by atoms with Gasteiger partial charge in [0.1, 0.15) is 11.5 Å². The molecule has 0 radical (unpaired) electrons. The van der Waals surface area contributed by atoms with Crippen molar-refractivity contribution in [2.45, 2.75) is 77.7 Å². The monoisotopic (exact) mass is 446 g/mol. The molecule has 0 spiro atoms. The molecule has 2 amide bonds. The summed E-state index contributed by atoms with van der Waals surface area (Å²) in [6.07, 6.45) is 9.49. The number of hydrogen-bond donors (Lipinski definition) is 1. The number of Topliss-reactive ketones (excluding diaryl/α,β-unsaturated/α-hetero) is 1. The largest absolute Gasteiger partial charge is 0.425 e. The molecule has 1 saturated carbocycles. The Hall–Kier alpha value is -2.21. The van der Waals surface area contributed by atoms with E-state index in [1.54, 1.807) is 18.2 Å². The summed E-state index contributed by atoms with van der Waals surface area (Å²) >= 11 is 6.30. The van der Waals surface area contributed by atoms with Gasteiger partial charge in [-0.25, -0.2) is 9.79 Å². The molecular weight excluding hydrogens is 416 g/mol. The zero-order valence-electron chi connectivity index (χ0n) is 18.3. The molecule has 2 unspecified atom stereocenters. The maximum Gasteiger partial charge on any atom is 0.341 e. The second kappa shape index (κ2) is 10.9. The highest BCUT2D eigenvalue weighted by molar-refractivity contribution is 6.32. The van der Waals surface area contributed by atoms with Gasteiger partial charge in [-0.2, -0.15) is 0 Å². The second-order valence-corrected chi connectivity index (χ2v) is 8.91. The molecule has 7 heteroatoms. The van der Waals surface area contributed by atoms with E-state index in [1.165, 1.54) is 45.4 Å². The van der Waals surface area contributed by atoms with Crippen molar-refractivity contribution in [2.24, 2.45) is 16.8 Å². The van der Waals surface area contributed by atoms with Gasteiger partial charge in [-0.3, -0.25) is 9.59 Å². The van der Waals surface area contributed by atoms with Gasteiger partial charge in [0, 0.05) is 19.1 Å². The van der Waals surface area contributed by atoms with Gasteiger partial charge in [-0.05, 0) is 36.5 Å². The number of rotatable bonds is 7. The SMILES string of the molecule is CCC(=O)C1C(CCC2CCCCCC2)=NC(=O)NC1c1ccc(OC(C)=O)c(Cl)c1. The first-order valence-corrected chi connectivity index (χ1v) is 11.6. The van der Waals surface area contributed by atoms with Gasteiger partial charge in [-0.15, -0.1) is 0 Å². The summed E-state index contributed by atoms with van der Waals surface area (Å²) in [5, 5.41) is 3.11. The Kier molecular flexibility index (Phi) is 8.24. The van der Waals surface area contributed by atoms with Crippen LogP contribution in [0.3, 0.4) is 0 Å². The quantitative estimate of drug-likeness (QED) is 0.325. The van der Waals surface area contributed by atoms with Gasteiger partial charge in [0.2, 0.25) is 0 Å². The molecule has 1 aromatic rings. The van der Waals surface area contributed by atoms with Crippen molar-refractivity contribution in [1.29, 1.82) is 0 Å². The molecule has 1 N–H and O–H groups in total. The van der Waals surface area contributed by atoms with E-state index in [4.69, 9.17) is 16.3 Å². The third-order valence-electron chi connectivity index (χ3n) is 6.26. The van der Waals surface area contributed by atoms with Crippen LogP contribution >= 0.6 is 11.6 Å². The van der Waals surface area contributed by atoms with Crippen LogP contribution in [0, 0.1) is 11.8 Å². The molecule has 1 aliphatic carbocycles. The average Bonchev–Trinajstić information content (AvgIpc) is 3.01. The molecule has 1 aliphatic heterocycles. The summed E-state index contributed by atoms with van der Waals surface area (Å²) in [5.41, 5.74) is 1.37. The molecule has 168 valence electrons. The number of esters is 1. The zero-order valence-corrected chi connectivity index (χ0v) is 19.0. The maximum atomic E-state index is 12.9. The van der Waals surface area contributed by atoms with Crippen molar-refractivity contribution in [3.8, 4) is 5.75 Å². The average molecular weight is 447 g/mol. The van der Waals surface area contributed by atoms with Crippen LogP contribution in [0.1, 0.15) is 83.2 Å². The van der Waals surface area contributed by atoms with Crippen molar-refractivity contribution >= 4 is 35.1 Å². The van der Waals surface area contributed by atoms with Gasteiger partial charge >= 0.3 is 12.0 Å². The fraction of sp³-hybridized carbons (Fsp3) is 0.583. The minimum absolute atomic E-state index is 0.0461. The van der Waals surface area contributed by atoms with Crippen molar-refractivity contribution in [3.63, 3.8) is 0 Å². The van der Waals surface area contributed by atoms with Crippen LogP contribution in [0.15, 0.2) is 23.2 Å². The van der Waals surface area contributed by atoms with Crippen LogP contribution in [0.5, 0.6) is 5.75 Å². The van der Waals surface area contributed by atoms with Gasteiger partial charge in [0.05, 0.1) is 17.0 Å². The van der Waals surface area contributed by atoms with Gasteiger partial charge < -0.3 is 10.1 Å². The Morgan fingerprint density at radius 2 is 1.90 bits per heavy atom. The Morgan fingerprint density at radius 3 is 2.52 bits per heavy atom. The molecule has 2 aliphatic rings. The smallest absolute Gasteiger partial charge is 0.341 e. The lowest BCUT2D eigenvalue weighted by Crippen LogP contribution is -2.44. The highest BCUT2D eigenvalue weighted by atomic mass is 35.5. The predicted octanol–water partition coefficient (Wildman–Crippen LogP) is 5.82. The first-order valence-electron chi connectivity index (χ1n) is 11.3. The summed E-state index contributed by atoms with van der Waals surface area (Å²) in [5.74, 6) is -0.0503. The standard InChI is InChI=1S/C24H31ClN2O4/c1-3-20(29)22-19(12-10-16-8-6-4-5-7-9-16)26-24(30)27-23(22)17-11-13-21(18(25)14-17)31-15(2)28/h11,13-14,16,22-23H,3-10,12H2,1-2H3,(H,27,30). The molecule has 0 bridgehead atoms. The molecule has 0 aromatic heterocycles. The normalized spacial score (nSPS) is 22.3. The van der Waals surface area contributed by atoms with Crippen LogP contribution in [0.2, 0.25) is 5.02 Å². The summed E-state index contributed by atoms with van der Waals surface area (Å²) in [6.45, 7) is 3.13. The first kappa shape index (κ1) is 23.5. The lowest BCUT2D eigenvalue weighted by molar-refractivity contribution is -0.131. The molecule has 0 saturated heterocycles. The van der Waals surface area contributed by atoms with E-state index >= 15 is 0 Å². The topological polar surface area (TPSA) is 84.8 Å². The Balaban J connectivity index is 1.83. The van der Waals surface area contributed by atoms with E-state index in [-0.39, 0.29) is 16.6 Å². The minimum Gasteiger partial charge on any atom is -0.425 e. The lowest BCUT2D eigenvalue weighted by atomic mass is 9.80. The van der Waals surface area contributed by atoms with Crippen LogP contribution in [-0.4, -0.2) is 23.5 Å². The summed E-state index contributed by atoms with van der Waals surface area (Å²) < 4.78 is 5.09. The van der Waals surface area contributed by atoms with Crippen LogP contribution in [0.4, 0.5) is 4.79 Å². The van der Waals surface area contributed by atoms with Crippen molar-refractivity contribution in [3.05, 3.63) is 28.8 Å². The predicted molar refractivity (Wildman–Crippen MR) is 121 cm³/mol. The van der Waals surface area contributed by atoms with Crippen molar-refractivity contribution in [1.82, 2.24) is 5.32 Å². The van der Waals surface area contributed by atoms with E-state index in [0.29, 0.717) is 30.0 Å². The third-order valence-corrected chi connectivity index (χ3v) is 6.56. The molecule has 2 atom stereocenters. The van der Waals surface area contributed by atoms with Crippen molar-refractivity contribution in [2.75, 3.05) is 0 Å². The van der Waals surface area contributed by atoms with Crippen molar-refractivity contribution < 1.29 is 19.1 Å². The van der Waals surface area contributed by atoms with Crippen LogP contribution in [-0.2, 0) is 9.59 Å². The molecule has 31 heavy (non-hydrogen) atoms. The van der Waals surface area contributed by atoms with E-state index in [9.17, 15) is 14.4 Å². The Morgan fingerprint density at radius 1 is 1.19 bits per heavy atom. The number of ether oxygens (including phenoxy) is 1. The maximum absolute atomic E-state index is 12.9. The number of ketones is 1. The molecular formula is C24H31ClN2O4. The van der Waals surface area contributed by atoms with E-state index in [1.807, 2.05) is 6.92 Å². The number of carbonyl (C=O) groups excluding carboxylic acids is 3.